The Morgan fingerprint density at radius 3 is 2.89 bits per heavy atom. The van der Waals surface area contributed by atoms with E-state index in [0.29, 0.717) is 0 Å². The van der Waals surface area contributed by atoms with Crippen LogP contribution in [0.1, 0.15) is 20.3 Å². The smallest absolute Gasteiger partial charge is 0.120 e. The minimum absolute atomic E-state index is 0.220. The number of hydrogen-bond acceptors (Lipinski definition) is 2. The van der Waals surface area contributed by atoms with E-state index < -0.39 is 0 Å². The summed E-state index contributed by atoms with van der Waals surface area (Å²) in [7, 11) is 0. The Balaban J connectivity index is 2.20. The molecule has 1 unspecified atom stereocenters. The van der Waals surface area contributed by atoms with E-state index in [0.717, 1.165) is 25.3 Å². The van der Waals surface area contributed by atoms with Gasteiger partial charge in [0.2, 0.25) is 0 Å². The molecular formula is C15H21NO2. The van der Waals surface area contributed by atoms with Gasteiger partial charge in [-0.1, -0.05) is 13.8 Å². The fourth-order valence-electron chi connectivity index (χ4n) is 2.04. The van der Waals surface area contributed by atoms with Crippen molar-refractivity contribution in [3.05, 3.63) is 30.5 Å². The Hall–Kier alpha value is -1.48. The normalized spacial score (nSPS) is 12.8. The lowest BCUT2D eigenvalue weighted by Gasteiger charge is -2.11. The monoisotopic (exact) mass is 247 g/mol. The molecule has 0 radical (unpaired) electrons. The second-order valence-electron chi connectivity index (χ2n) is 4.82. The average Bonchev–Trinajstić information content (AvgIpc) is 2.78. The summed E-state index contributed by atoms with van der Waals surface area (Å²) in [6, 6.07) is 8.27. The summed E-state index contributed by atoms with van der Waals surface area (Å²) in [5.41, 5.74) is 1.19. The lowest BCUT2D eigenvalue weighted by molar-refractivity contribution is 0.224. The topological polar surface area (TPSA) is 34.4 Å². The van der Waals surface area contributed by atoms with Gasteiger partial charge in [-0.15, -0.1) is 0 Å². The maximum Gasteiger partial charge on any atom is 0.120 e. The van der Waals surface area contributed by atoms with Gasteiger partial charge in [-0.25, -0.2) is 0 Å². The first kappa shape index (κ1) is 13.0. The van der Waals surface area contributed by atoms with Gasteiger partial charge in [-0.05, 0) is 36.6 Å². The highest BCUT2D eigenvalue weighted by Gasteiger charge is 2.06. The van der Waals surface area contributed by atoms with Crippen molar-refractivity contribution in [2.75, 3.05) is 13.2 Å². The molecule has 3 nitrogen and oxygen atoms in total. The fraction of sp³-hybridized carbons (Fsp3) is 0.467. The molecule has 0 amide bonds. The summed E-state index contributed by atoms with van der Waals surface area (Å²) in [6.45, 7) is 5.97. The van der Waals surface area contributed by atoms with Crippen molar-refractivity contribution in [2.24, 2.45) is 5.92 Å². The van der Waals surface area contributed by atoms with Crippen LogP contribution in [0.15, 0.2) is 30.5 Å². The maximum absolute atomic E-state index is 9.11. The van der Waals surface area contributed by atoms with Gasteiger partial charge in [0.05, 0.1) is 6.61 Å². The zero-order valence-corrected chi connectivity index (χ0v) is 11.1. The highest BCUT2D eigenvalue weighted by Crippen LogP contribution is 2.23. The summed E-state index contributed by atoms with van der Waals surface area (Å²) in [6.07, 6.45) is 3.09. The van der Waals surface area contributed by atoms with Crippen molar-refractivity contribution < 1.29 is 9.84 Å². The summed E-state index contributed by atoms with van der Waals surface area (Å²) in [4.78, 5) is 0. The zero-order chi connectivity index (χ0) is 13.0. The molecule has 0 aliphatic carbocycles. The Kier molecular flexibility index (Phi) is 4.26. The molecule has 2 rings (SSSR count). The SMILES string of the molecule is CCCOc1ccc2c(ccn2CC(C)CO)c1. The minimum atomic E-state index is 0.220. The van der Waals surface area contributed by atoms with Crippen LogP contribution in [0.3, 0.4) is 0 Å². The summed E-state index contributed by atoms with van der Waals surface area (Å²) >= 11 is 0. The van der Waals surface area contributed by atoms with Crippen LogP contribution in [0.25, 0.3) is 10.9 Å². The molecule has 18 heavy (non-hydrogen) atoms. The Labute approximate surface area is 108 Å². The van der Waals surface area contributed by atoms with Crippen LogP contribution in [-0.4, -0.2) is 22.9 Å². The second-order valence-corrected chi connectivity index (χ2v) is 4.82. The van der Waals surface area contributed by atoms with Crippen LogP contribution in [0, 0.1) is 5.92 Å². The fourth-order valence-corrected chi connectivity index (χ4v) is 2.04. The molecule has 0 saturated heterocycles. The van der Waals surface area contributed by atoms with Crippen LogP contribution in [0.2, 0.25) is 0 Å². The number of aliphatic hydroxyl groups is 1. The largest absolute Gasteiger partial charge is 0.494 e. The van der Waals surface area contributed by atoms with Gasteiger partial charge in [-0.3, -0.25) is 0 Å². The van der Waals surface area contributed by atoms with Gasteiger partial charge in [0, 0.05) is 30.3 Å². The molecular weight excluding hydrogens is 226 g/mol. The van der Waals surface area contributed by atoms with E-state index >= 15 is 0 Å². The van der Waals surface area contributed by atoms with Gasteiger partial charge in [0.1, 0.15) is 5.75 Å². The number of fused-ring (bicyclic) bond motifs is 1. The van der Waals surface area contributed by atoms with E-state index in [1.165, 1.54) is 10.9 Å². The van der Waals surface area contributed by atoms with Gasteiger partial charge in [0.25, 0.3) is 0 Å². The molecule has 1 atom stereocenters. The molecule has 0 saturated carbocycles. The average molecular weight is 247 g/mol. The third-order valence-electron chi connectivity index (χ3n) is 3.04. The third kappa shape index (κ3) is 2.85. The van der Waals surface area contributed by atoms with Crippen LogP contribution in [0.4, 0.5) is 0 Å². The molecule has 2 aromatic rings. The minimum Gasteiger partial charge on any atom is -0.494 e. The molecule has 98 valence electrons. The molecule has 1 N–H and O–H groups in total. The summed E-state index contributed by atoms with van der Waals surface area (Å²) in [5, 5.41) is 10.3. The van der Waals surface area contributed by atoms with Crippen LogP contribution in [-0.2, 0) is 6.54 Å². The predicted molar refractivity (Wildman–Crippen MR) is 74.0 cm³/mol. The standard InChI is InChI=1S/C15H21NO2/c1-3-8-18-14-4-5-15-13(9-14)6-7-16(15)10-12(2)11-17/h4-7,9,12,17H,3,8,10-11H2,1-2H3. The van der Waals surface area contributed by atoms with Gasteiger partial charge in [-0.2, -0.15) is 0 Å². The van der Waals surface area contributed by atoms with Crippen LogP contribution >= 0.6 is 0 Å². The first-order chi connectivity index (χ1) is 8.74. The van der Waals surface area contributed by atoms with Gasteiger partial charge in [0.15, 0.2) is 0 Å². The number of aromatic nitrogens is 1. The molecule has 0 fully saturated rings. The van der Waals surface area contributed by atoms with Crippen molar-refractivity contribution >= 4 is 10.9 Å². The third-order valence-corrected chi connectivity index (χ3v) is 3.04. The van der Waals surface area contributed by atoms with Gasteiger partial charge >= 0.3 is 0 Å². The lowest BCUT2D eigenvalue weighted by Crippen LogP contribution is -2.10. The second kappa shape index (κ2) is 5.91. The molecule has 0 aliphatic rings. The van der Waals surface area contributed by atoms with Crippen molar-refractivity contribution in [3.63, 3.8) is 0 Å². The summed E-state index contributed by atoms with van der Waals surface area (Å²) < 4.78 is 7.81. The molecule has 0 bridgehead atoms. The number of rotatable bonds is 6. The highest BCUT2D eigenvalue weighted by molar-refractivity contribution is 5.81. The van der Waals surface area contributed by atoms with Crippen molar-refractivity contribution in [2.45, 2.75) is 26.8 Å². The number of nitrogens with zero attached hydrogens (tertiary/aromatic N) is 1. The van der Waals surface area contributed by atoms with Gasteiger partial charge < -0.3 is 14.4 Å². The van der Waals surface area contributed by atoms with Crippen molar-refractivity contribution in [1.82, 2.24) is 4.57 Å². The summed E-state index contributed by atoms with van der Waals surface area (Å²) in [5.74, 6) is 1.20. The van der Waals surface area contributed by atoms with E-state index in [2.05, 4.69) is 35.9 Å². The predicted octanol–water partition coefficient (Wildman–Crippen LogP) is 3.06. The lowest BCUT2D eigenvalue weighted by atomic mass is 10.2. The van der Waals surface area contributed by atoms with Crippen molar-refractivity contribution in [1.29, 1.82) is 0 Å². The van der Waals surface area contributed by atoms with E-state index in [1.54, 1.807) is 0 Å². The Bertz CT molecular complexity index is 504. The number of ether oxygens (including phenoxy) is 1. The van der Waals surface area contributed by atoms with E-state index in [-0.39, 0.29) is 12.5 Å². The van der Waals surface area contributed by atoms with E-state index in [1.807, 2.05) is 13.0 Å². The van der Waals surface area contributed by atoms with Crippen LogP contribution < -0.4 is 4.74 Å². The Morgan fingerprint density at radius 2 is 2.17 bits per heavy atom. The number of hydrogen-bond donors (Lipinski definition) is 1. The number of aliphatic hydroxyl groups excluding tert-OH is 1. The first-order valence-electron chi connectivity index (χ1n) is 6.57. The van der Waals surface area contributed by atoms with E-state index in [9.17, 15) is 0 Å². The molecule has 3 heteroatoms. The Morgan fingerprint density at radius 1 is 1.33 bits per heavy atom. The van der Waals surface area contributed by atoms with Crippen LogP contribution in [0.5, 0.6) is 5.75 Å². The molecule has 1 heterocycles. The quantitative estimate of drug-likeness (QED) is 0.851. The molecule has 1 aromatic carbocycles. The molecule has 0 spiro atoms. The van der Waals surface area contributed by atoms with E-state index in [4.69, 9.17) is 9.84 Å². The maximum atomic E-state index is 9.11. The molecule has 1 aromatic heterocycles. The van der Waals surface area contributed by atoms with Crippen molar-refractivity contribution in [3.8, 4) is 5.75 Å². The molecule has 0 aliphatic heterocycles. The first-order valence-corrected chi connectivity index (χ1v) is 6.57. The zero-order valence-electron chi connectivity index (χ0n) is 11.1. The number of benzene rings is 1. The highest BCUT2D eigenvalue weighted by atomic mass is 16.5.